The summed E-state index contributed by atoms with van der Waals surface area (Å²) in [4.78, 5) is 26.5. The molecular formula is C18H24FN3O3S. The smallest absolute Gasteiger partial charge is 0.414 e. The zero-order valence-electron chi connectivity index (χ0n) is 14.9. The number of carbonyl (C=O) groups excluding carboxylic acids is 2. The van der Waals surface area contributed by atoms with Crippen LogP contribution in [0.3, 0.4) is 0 Å². The average molecular weight is 381 g/mol. The van der Waals surface area contributed by atoms with Crippen LogP contribution in [-0.4, -0.2) is 55.8 Å². The molecule has 26 heavy (non-hydrogen) atoms. The third kappa shape index (κ3) is 4.60. The zero-order chi connectivity index (χ0) is 18.5. The first-order chi connectivity index (χ1) is 12.5. The monoisotopic (exact) mass is 381 g/mol. The predicted octanol–water partition coefficient (Wildman–Crippen LogP) is 2.62. The highest BCUT2D eigenvalue weighted by atomic mass is 32.2. The van der Waals surface area contributed by atoms with Crippen molar-refractivity contribution in [1.29, 1.82) is 0 Å². The van der Waals surface area contributed by atoms with Crippen LogP contribution in [0.4, 0.5) is 20.6 Å². The van der Waals surface area contributed by atoms with E-state index in [9.17, 15) is 14.0 Å². The van der Waals surface area contributed by atoms with Gasteiger partial charge in [0.15, 0.2) is 0 Å². The van der Waals surface area contributed by atoms with E-state index < -0.39 is 12.2 Å². The summed E-state index contributed by atoms with van der Waals surface area (Å²) >= 11 is 1.95. The first kappa shape index (κ1) is 18.8. The Morgan fingerprint density at radius 1 is 1.35 bits per heavy atom. The molecule has 0 spiro atoms. The number of hydrogen-bond donors (Lipinski definition) is 1. The molecule has 0 aliphatic carbocycles. The maximum absolute atomic E-state index is 14.7. The van der Waals surface area contributed by atoms with Gasteiger partial charge in [0.1, 0.15) is 11.9 Å². The summed E-state index contributed by atoms with van der Waals surface area (Å²) < 4.78 is 20.0. The molecule has 0 bridgehead atoms. The van der Waals surface area contributed by atoms with Crippen molar-refractivity contribution in [3.63, 3.8) is 0 Å². The van der Waals surface area contributed by atoms with Crippen LogP contribution in [-0.2, 0) is 9.53 Å². The fraction of sp³-hybridized carbons (Fsp3) is 0.556. The van der Waals surface area contributed by atoms with E-state index in [1.165, 1.54) is 17.9 Å². The number of nitrogens with one attached hydrogen (secondary N) is 1. The molecule has 3 rings (SSSR count). The molecule has 2 saturated heterocycles. The van der Waals surface area contributed by atoms with E-state index in [-0.39, 0.29) is 18.3 Å². The average Bonchev–Trinajstić information content (AvgIpc) is 2.94. The van der Waals surface area contributed by atoms with Gasteiger partial charge >= 0.3 is 6.09 Å². The Bertz CT molecular complexity index is 665. The van der Waals surface area contributed by atoms with E-state index >= 15 is 0 Å². The van der Waals surface area contributed by atoms with Crippen LogP contribution in [0.2, 0.25) is 0 Å². The van der Waals surface area contributed by atoms with Crippen LogP contribution < -0.4 is 15.1 Å². The summed E-state index contributed by atoms with van der Waals surface area (Å²) in [5.74, 6) is 1.70. The van der Waals surface area contributed by atoms with Gasteiger partial charge in [0.05, 0.1) is 24.5 Å². The highest BCUT2D eigenvalue weighted by molar-refractivity contribution is 7.99. The summed E-state index contributed by atoms with van der Waals surface area (Å²) in [5.41, 5.74) is 1.06. The predicted molar refractivity (Wildman–Crippen MR) is 101 cm³/mol. The van der Waals surface area contributed by atoms with Crippen LogP contribution in [0.25, 0.3) is 0 Å². The molecule has 6 nitrogen and oxygen atoms in total. The molecule has 2 amide bonds. The van der Waals surface area contributed by atoms with Crippen molar-refractivity contribution in [2.24, 2.45) is 0 Å². The van der Waals surface area contributed by atoms with Gasteiger partial charge in [-0.3, -0.25) is 9.69 Å². The molecule has 1 aromatic carbocycles. The molecule has 1 atom stereocenters. The molecule has 142 valence electrons. The Labute approximate surface area is 157 Å². The summed E-state index contributed by atoms with van der Waals surface area (Å²) in [6, 6.07) is 4.90. The molecule has 0 saturated carbocycles. The van der Waals surface area contributed by atoms with Crippen molar-refractivity contribution in [1.82, 2.24) is 5.32 Å². The number of hydrogen-bond acceptors (Lipinski definition) is 5. The molecule has 0 aromatic heterocycles. The van der Waals surface area contributed by atoms with E-state index in [4.69, 9.17) is 4.74 Å². The van der Waals surface area contributed by atoms with Crippen molar-refractivity contribution in [2.75, 3.05) is 47.5 Å². The lowest BCUT2D eigenvalue weighted by atomic mass is 10.2. The summed E-state index contributed by atoms with van der Waals surface area (Å²) in [5, 5.41) is 2.63. The van der Waals surface area contributed by atoms with Crippen LogP contribution in [0.5, 0.6) is 0 Å². The Morgan fingerprint density at radius 2 is 2.08 bits per heavy atom. The van der Waals surface area contributed by atoms with Gasteiger partial charge < -0.3 is 15.0 Å². The quantitative estimate of drug-likeness (QED) is 0.869. The van der Waals surface area contributed by atoms with Gasteiger partial charge in [-0.15, -0.1) is 0 Å². The van der Waals surface area contributed by atoms with E-state index in [1.54, 1.807) is 12.1 Å². The first-order valence-corrected chi connectivity index (χ1v) is 10.0. The number of carbonyl (C=O) groups is 2. The van der Waals surface area contributed by atoms with Gasteiger partial charge in [0.2, 0.25) is 5.91 Å². The minimum atomic E-state index is -0.518. The van der Waals surface area contributed by atoms with Crippen LogP contribution in [0, 0.1) is 5.82 Å². The Balaban J connectivity index is 1.68. The number of cyclic esters (lactones) is 1. The van der Waals surface area contributed by atoms with Crippen molar-refractivity contribution in [2.45, 2.75) is 25.9 Å². The van der Waals surface area contributed by atoms with Crippen molar-refractivity contribution in [3.05, 3.63) is 24.0 Å². The number of anilines is 2. The van der Waals surface area contributed by atoms with Crippen molar-refractivity contribution >= 4 is 35.1 Å². The maximum atomic E-state index is 14.7. The SMILES string of the molecule is CC(=O)NC[C@@H]1CN(c2ccc(N3CCCSCCC3)c(F)c2)C(=O)O1. The number of benzene rings is 1. The number of halogens is 1. The highest BCUT2D eigenvalue weighted by Crippen LogP contribution is 2.29. The molecule has 2 aliphatic rings. The lowest BCUT2D eigenvalue weighted by molar-refractivity contribution is -0.119. The molecule has 2 heterocycles. The summed E-state index contributed by atoms with van der Waals surface area (Å²) in [6.45, 7) is 3.64. The molecule has 2 fully saturated rings. The van der Waals surface area contributed by atoms with Crippen LogP contribution in [0.15, 0.2) is 18.2 Å². The maximum Gasteiger partial charge on any atom is 0.414 e. The van der Waals surface area contributed by atoms with Crippen LogP contribution >= 0.6 is 11.8 Å². The minimum absolute atomic E-state index is 0.179. The third-order valence-electron chi connectivity index (χ3n) is 4.47. The lowest BCUT2D eigenvalue weighted by Crippen LogP contribution is -2.33. The number of rotatable bonds is 4. The standard InChI is InChI=1S/C18H24FN3O3S/c1-13(23)20-11-15-12-22(18(24)25-15)14-4-5-17(16(19)10-14)21-6-2-8-26-9-3-7-21/h4-5,10,15H,2-3,6-9,11-12H2,1H3,(H,20,23)/t15-/m1/s1. The molecule has 8 heteroatoms. The summed E-state index contributed by atoms with van der Waals surface area (Å²) in [7, 11) is 0. The molecular weight excluding hydrogens is 357 g/mol. The van der Waals surface area contributed by atoms with Gasteiger partial charge in [-0.05, 0) is 42.5 Å². The second kappa shape index (κ2) is 8.62. The highest BCUT2D eigenvalue weighted by Gasteiger charge is 2.32. The fourth-order valence-electron chi connectivity index (χ4n) is 3.19. The number of amides is 2. The molecule has 0 radical (unpaired) electrons. The Morgan fingerprint density at radius 3 is 2.73 bits per heavy atom. The van der Waals surface area contributed by atoms with Gasteiger partial charge in [-0.2, -0.15) is 11.8 Å². The largest absolute Gasteiger partial charge is 0.442 e. The normalized spacial score (nSPS) is 21.2. The van der Waals surface area contributed by atoms with E-state index in [2.05, 4.69) is 10.2 Å². The Kier molecular flexibility index (Phi) is 6.24. The number of thioether (sulfide) groups is 1. The van der Waals surface area contributed by atoms with Crippen molar-refractivity contribution < 1.29 is 18.7 Å². The van der Waals surface area contributed by atoms with E-state index in [0.29, 0.717) is 17.9 Å². The lowest BCUT2D eigenvalue weighted by Gasteiger charge is -2.27. The second-order valence-corrected chi connectivity index (χ2v) is 7.72. The van der Waals surface area contributed by atoms with Crippen molar-refractivity contribution in [3.8, 4) is 0 Å². The molecule has 1 aromatic rings. The molecule has 2 aliphatic heterocycles. The van der Waals surface area contributed by atoms with E-state index in [1.807, 2.05) is 11.8 Å². The topological polar surface area (TPSA) is 61.9 Å². The Hall–Kier alpha value is -1.96. The zero-order valence-corrected chi connectivity index (χ0v) is 15.7. The van der Waals surface area contributed by atoms with Crippen LogP contribution in [0.1, 0.15) is 19.8 Å². The number of ether oxygens (including phenoxy) is 1. The van der Waals surface area contributed by atoms with Gasteiger partial charge in [0.25, 0.3) is 0 Å². The minimum Gasteiger partial charge on any atom is -0.442 e. The second-order valence-electron chi connectivity index (χ2n) is 6.50. The summed E-state index contributed by atoms with van der Waals surface area (Å²) in [6.07, 6.45) is 1.13. The number of nitrogens with zero attached hydrogens (tertiary/aromatic N) is 2. The molecule has 1 N–H and O–H groups in total. The van der Waals surface area contributed by atoms with E-state index in [0.717, 1.165) is 37.4 Å². The molecule has 0 unspecified atom stereocenters. The van der Waals surface area contributed by atoms with Gasteiger partial charge in [-0.25, -0.2) is 9.18 Å². The third-order valence-corrected chi connectivity index (χ3v) is 5.62. The fourth-order valence-corrected chi connectivity index (χ4v) is 4.06. The first-order valence-electron chi connectivity index (χ1n) is 8.89. The van der Waals surface area contributed by atoms with Gasteiger partial charge in [-0.1, -0.05) is 0 Å². The van der Waals surface area contributed by atoms with Gasteiger partial charge in [0, 0.05) is 20.0 Å².